The van der Waals surface area contributed by atoms with E-state index in [1.54, 1.807) is 18.2 Å². The highest BCUT2D eigenvalue weighted by atomic mass is 16.5. The van der Waals surface area contributed by atoms with Gasteiger partial charge < -0.3 is 14.5 Å². The van der Waals surface area contributed by atoms with Crippen molar-refractivity contribution in [3.63, 3.8) is 0 Å². The van der Waals surface area contributed by atoms with Crippen molar-refractivity contribution in [2.24, 2.45) is 0 Å². The summed E-state index contributed by atoms with van der Waals surface area (Å²) in [7, 11) is 2.45. The van der Waals surface area contributed by atoms with Crippen LogP contribution in [0.2, 0.25) is 0 Å². The second-order valence-corrected chi connectivity index (χ2v) is 3.73. The molecule has 0 aliphatic heterocycles. The van der Waals surface area contributed by atoms with Gasteiger partial charge in [0.2, 0.25) is 0 Å². The summed E-state index contributed by atoms with van der Waals surface area (Å²) in [5, 5.41) is 9.34. The van der Waals surface area contributed by atoms with E-state index in [-0.39, 0.29) is 11.3 Å². The Hall–Kier alpha value is -2.81. The van der Waals surface area contributed by atoms with E-state index in [1.807, 2.05) is 6.07 Å². The van der Waals surface area contributed by atoms with Gasteiger partial charge in [-0.1, -0.05) is 6.07 Å². The first kappa shape index (κ1) is 12.6. The van der Waals surface area contributed by atoms with Crippen LogP contribution in [-0.4, -0.2) is 31.1 Å². The fourth-order valence-corrected chi connectivity index (χ4v) is 1.84. The third kappa shape index (κ3) is 2.02. The lowest BCUT2D eigenvalue weighted by Gasteiger charge is -2.00. The molecule has 0 amide bonds. The number of aromatic nitrogens is 1. The SMILES string of the molecule is COC(=O)c1[nH]c2cc(C#N)ccc2c1C(=O)OC. The second kappa shape index (κ2) is 4.82. The number of carbonyl (C=O) groups excluding carboxylic acids is 2. The summed E-state index contributed by atoms with van der Waals surface area (Å²) < 4.78 is 9.28. The Labute approximate surface area is 108 Å². The fraction of sp³-hybridized carbons (Fsp3) is 0.154. The predicted molar refractivity (Wildman–Crippen MR) is 65.7 cm³/mol. The minimum absolute atomic E-state index is 0.0134. The van der Waals surface area contributed by atoms with Gasteiger partial charge in [-0.2, -0.15) is 5.26 Å². The molecule has 19 heavy (non-hydrogen) atoms. The number of aromatic amines is 1. The summed E-state index contributed by atoms with van der Waals surface area (Å²) in [6.07, 6.45) is 0. The molecular weight excluding hydrogens is 248 g/mol. The lowest BCUT2D eigenvalue weighted by atomic mass is 10.1. The molecule has 0 radical (unpaired) electrons. The van der Waals surface area contributed by atoms with Gasteiger partial charge in [-0.05, 0) is 12.1 Å². The van der Waals surface area contributed by atoms with Crippen molar-refractivity contribution >= 4 is 22.8 Å². The largest absolute Gasteiger partial charge is 0.465 e. The molecule has 0 atom stereocenters. The quantitative estimate of drug-likeness (QED) is 0.826. The van der Waals surface area contributed by atoms with Crippen LogP contribution in [0.1, 0.15) is 26.4 Å². The van der Waals surface area contributed by atoms with Gasteiger partial charge in [0.1, 0.15) is 5.69 Å². The molecule has 0 unspecified atom stereocenters. The van der Waals surface area contributed by atoms with Crippen LogP contribution in [0.4, 0.5) is 0 Å². The summed E-state index contributed by atoms with van der Waals surface area (Å²) in [5.74, 6) is -1.31. The number of nitrogens with one attached hydrogen (secondary N) is 1. The average molecular weight is 258 g/mol. The number of carbonyl (C=O) groups is 2. The zero-order valence-electron chi connectivity index (χ0n) is 10.3. The molecule has 0 saturated heterocycles. The Bertz CT molecular complexity index is 709. The van der Waals surface area contributed by atoms with Crippen molar-refractivity contribution in [2.45, 2.75) is 0 Å². The Kier molecular flexibility index (Phi) is 3.21. The molecule has 1 heterocycles. The smallest absolute Gasteiger partial charge is 0.355 e. The number of ether oxygens (including phenoxy) is 2. The highest BCUT2D eigenvalue weighted by Crippen LogP contribution is 2.24. The van der Waals surface area contributed by atoms with Crippen molar-refractivity contribution in [1.82, 2.24) is 4.98 Å². The summed E-state index contributed by atoms with van der Waals surface area (Å²) in [6.45, 7) is 0. The van der Waals surface area contributed by atoms with Crippen molar-refractivity contribution in [3.05, 3.63) is 35.0 Å². The molecule has 0 saturated carbocycles. The molecule has 1 aromatic heterocycles. The maximum atomic E-state index is 11.8. The van der Waals surface area contributed by atoms with Crippen LogP contribution in [0.3, 0.4) is 0 Å². The molecule has 1 aromatic carbocycles. The monoisotopic (exact) mass is 258 g/mol. The van der Waals surface area contributed by atoms with E-state index in [1.165, 1.54) is 14.2 Å². The molecule has 0 bridgehead atoms. The van der Waals surface area contributed by atoms with Gasteiger partial charge in [0.05, 0.1) is 31.4 Å². The third-order valence-corrected chi connectivity index (χ3v) is 2.71. The molecule has 2 aromatic rings. The first-order valence-electron chi connectivity index (χ1n) is 5.34. The van der Waals surface area contributed by atoms with Gasteiger partial charge in [0.15, 0.2) is 0 Å². The van der Waals surface area contributed by atoms with Crippen molar-refractivity contribution in [1.29, 1.82) is 5.26 Å². The minimum Gasteiger partial charge on any atom is -0.465 e. The van der Waals surface area contributed by atoms with Crippen LogP contribution < -0.4 is 0 Å². The number of rotatable bonds is 2. The number of fused-ring (bicyclic) bond motifs is 1. The van der Waals surface area contributed by atoms with Crippen LogP contribution in [0.25, 0.3) is 10.9 Å². The highest BCUT2D eigenvalue weighted by molar-refractivity contribution is 6.12. The first-order chi connectivity index (χ1) is 9.12. The number of nitrogens with zero attached hydrogens (tertiary/aromatic N) is 1. The number of H-pyrrole nitrogens is 1. The lowest BCUT2D eigenvalue weighted by Crippen LogP contribution is -2.10. The van der Waals surface area contributed by atoms with E-state index in [2.05, 4.69) is 14.5 Å². The standard InChI is InChI=1S/C13H10N2O4/c1-18-12(16)10-8-4-3-7(6-14)5-9(8)15-11(10)13(17)19-2/h3-5,15H,1-2H3. The number of hydrogen-bond donors (Lipinski definition) is 1. The van der Waals surface area contributed by atoms with Gasteiger partial charge in [-0.3, -0.25) is 0 Å². The molecule has 0 spiro atoms. The number of methoxy groups -OCH3 is 2. The number of esters is 2. The van der Waals surface area contributed by atoms with Gasteiger partial charge in [-0.25, -0.2) is 9.59 Å². The van der Waals surface area contributed by atoms with Gasteiger partial charge >= 0.3 is 11.9 Å². The van der Waals surface area contributed by atoms with Gasteiger partial charge in [0.25, 0.3) is 0 Å². The number of benzene rings is 1. The van der Waals surface area contributed by atoms with Crippen molar-refractivity contribution in [3.8, 4) is 6.07 Å². The molecule has 0 aliphatic rings. The summed E-state index contributed by atoms with van der Waals surface area (Å²) in [5.41, 5.74) is 1.04. The maximum Gasteiger partial charge on any atom is 0.355 e. The summed E-state index contributed by atoms with van der Waals surface area (Å²) in [6, 6.07) is 6.68. The number of nitriles is 1. The molecule has 96 valence electrons. The van der Waals surface area contributed by atoms with E-state index in [0.29, 0.717) is 16.5 Å². The molecule has 2 rings (SSSR count). The minimum atomic E-state index is -0.671. The van der Waals surface area contributed by atoms with Gasteiger partial charge in [-0.15, -0.1) is 0 Å². The lowest BCUT2D eigenvalue weighted by molar-refractivity contribution is 0.0553. The van der Waals surface area contributed by atoms with Crippen LogP contribution in [0.5, 0.6) is 0 Å². The van der Waals surface area contributed by atoms with E-state index in [0.717, 1.165) is 0 Å². The third-order valence-electron chi connectivity index (χ3n) is 2.71. The molecule has 0 fully saturated rings. The van der Waals surface area contributed by atoms with E-state index < -0.39 is 11.9 Å². The second-order valence-electron chi connectivity index (χ2n) is 3.73. The van der Waals surface area contributed by atoms with Crippen molar-refractivity contribution in [2.75, 3.05) is 14.2 Å². The normalized spacial score (nSPS) is 9.95. The number of hydrogen-bond acceptors (Lipinski definition) is 5. The van der Waals surface area contributed by atoms with E-state index >= 15 is 0 Å². The Morgan fingerprint density at radius 3 is 2.47 bits per heavy atom. The zero-order chi connectivity index (χ0) is 14.0. The molecule has 6 heteroatoms. The van der Waals surface area contributed by atoms with Crippen LogP contribution in [0, 0.1) is 11.3 Å². The first-order valence-corrected chi connectivity index (χ1v) is 5.34. The van der Waals surface area contributed by atoms with Crippen molar-refractivity contribution < 1.29 is 19.1 Å². The molecule has 6 nitrogen and oxygen atoms in total. The van der Waals surface area contributed by atoms with Crippen LogP contribution >= 0.6 is 0 Å². The highest BCUT2D eigenvalue weighted by Gasteiger charge is 2.24. The zero-order valence-corrected chi connectivity index (χ0v) is 10.3. The average Bonchev–Trinajstić information content (AvgIpc) is 2.83. The van der Waals surface area contributed by atoms with E-state index in [9.17, 15) is 9.59 Å². The predicted octanol–water partition coefficient (Wildman–Crippen LogP) is 1.61. The maximum absolute atomic E-state index is 11.8. The van der Waals surface area contributed by atoms with Gasteiger partial charge in [0, 0.05) is 10.9 Å². The fourth-order valence-electron chi connectivity index (χ4n) is 1.84. The Morgan fingerprint density at radius 1 is 1.21 bits per heavy atom. The van der Waals surface area contributed by atoms with Crippen LogP contribution in [-0.2, 0) is 9.47 Å². The molecular formula is C13H10N2O4. The Balaban J connectivity index is 2.77. The summed E-state index contributed by atoms with van der Waals surface area (Å²) in [4.78, 5) is 26.2. The summed E-state index contributed by atoms with van der Waals surface area (Å²) >= 11 is 0. The topological polar surface area (TPSA) is 92.2 Å². The molecule has 1 N–H and O–H groups in total. The Morgan fingerprint density at radius 2 is 1.89 bits per heavy atom. The van der Waals surface area contributed by atoms with Crippen LogP contribution in [0.15, 0.2) is 18.2 Å². The molecule has 0 aliphatic carbocycles. The van der Waals surface area contributed by atoms with E-state index in [4.69, 9.17) is 5.26 Å².